The summed E-state index contributed by atoms with van der Waals surface area (Å²) in [6.45, 7) is 4.31. The van der Waals surface area contributed by atoms with Gasteiger partial charge in [0.1, 0.15) is 12.4 Å². The first-order valence-corrected chi connectivity index (χ1v) is 11.8. The normalized spacial score (nSPS) is 13.6. The van der Waals surface area contributed by atoms with Crippen molar-refractivity contribution in [2.45, 2.75) is 39.3 Å². The Hall–Kier alpha value is -3.19. The van der Waals surface area contributed by atoms with Crippen molar-refractivity contribution in [3.05, 3.63) is 81.3 Å². The molecule has 1 saturated heterocycles. The second-order valence-corrected chi connectivity index (χ2v) is 8.94. The van der Waals surface area contributed by atoms with Gasteiger partial charge in [-0.2, -0.15) is 0 Å². The van der Waals surface area contributed by atoms with Gasteiger partial charge in [0.25, 0.3) is 11.8 Å². The van der Waals surface area contributed by atoms with Crippen LogP contribution >= 0.6 is 11.3 Å². The summed E-state index contributed by atoms with van der Waals surface area (Å²) in [5, 5.41) is 5.88. The summed E-state index contributed by atoms with van der Waals surface area (Å²) in [5.74, 6) is 0.406. The van der Waals surface area contributed by atoms with Crippen molar-refractivity contribution in [2.75, 3.05) is 13.1 Å². The molecule has 1 aliphatic heterocycles. The van der Waals surface area contributed by atoms with Crippen LogP contribution in [0.5, 0.6) is 5.75 Å². The maximum atomic E-state index is 12.8. The number of amides is 2. The molecule has 0 aliphatic carbocycles. The highest BCUT2D eigenvalue weighted by molar-refractivity contribution is 7.09. The average molecular weight is 450 g/mol. The zero-order valence-electron chi connectivity index (χ0n) is 18.2. The van der Waals surface area contributed by atoms with Gasteiger partial charge in [0, 0.05) is 30.6 Å². The van der Waals surface area contributed by atoms with Crippen molar-refractivity contribution in [2.24, 2.45) is 0 Å². The molecule has 4 rings (SSSR count). The Bertz CT molecular complexity index is 1070. The third-order valence-electron chi connectivity index (χ3n) is 5.47. The van der Waals surface area contributed by atoms with Gasteiger partial charge in [-0.1, -0.05) is 24.3 Å². The lowest BCUT2D eigenvalue weighted by atomic mass is 10.1. The van der Waals surface area contributed by atoms with Crippen LogP contribution in [0.15, 0.2) is 53.9 Å². The number of nitrogens with one attached hydrogen (secondary N) is 1. The summed E-state index contributed by atoms with van der Waals surface area (Å²) >= 11 is 1.57. The van der Waals surface area contributed by atoms with E-state index in [-0.39, 0.29) is 11.8 Å². The number of carbonyl (C=O) groups excluding carboxylic acids is 2. The molecule has 0 saturated carbocycles. The highest BCUT2D eigenvalue weighted by Gasteiger charge is 2.18. The van der Waals surface area contributed by atoms with Crippen molar-refractivity contribution >= 4 is 23.2 Å². The topological polar surface area (TPSA) is 71.5 Å². The average Bonchev–Trinajstić information content (AvgIpc) is 3.27. The minimum absolute atomic E-state index is 0.0849. The Labute approximate surface area is 192 Å². The number of rotatable bonds is 7. The summed E-state index contributed by atoms with van der Waals surface area (Å²) in [6.07, 6.45) is 3.34. The number of ether oxygens (including phenoxy) is 1. The number of nitrogens with zero attached hydrogens (tertiary/aromatic N) is 2. The maximum absolute atomic E-state index is 12.8. The maximum Gasteiger partial charge on any atom is 0.255 e. The van der Waals surface area contributed by atoms with Gasteiger partial charge in [0.05, 0.1) is 16.3 Å². The van der Waals surface area contributed by atoms with Crippen molar-refractivity contribution in [3.8, 4) is 5.75 Å². The third kappa shape index (κ3) is 5.53. The number of likely N-dealkylation sites (tertiary alicyclic amines) is 1. The van der Waals surface area contributed by atoms with E-state index in [1.165, 1.54) is 6.42 Å². The molecule has 1 aliphatic rings. The number of aromatic nitrogens is 1. The lowest BCUT2D eigenvalue weighted by Crippen LogP contribution is -2.35. The molecule has 1 N–H and O–H groups in total. The quantitative estimate of drug-likeness (QED) is 0.573. The largest absolute Gasteiger partial charge is 0.486 e. The lowest BCUT2D eigenvalue weighted by molar-refractivity contribution is 0.0724. The Morgan fingerprint density at radius 1 is 1.06 bits per heavy atom. The van der Waals surface area contributed by atoms with E-state index in [1.54, 1.807) is 23.5 Å². The zero-order valence-corrected chi connectivity index (χ0v) is 19.0. The molecular weight excluding hydrogens is 422 g/mol. The molecular formula is C25H27N3O3S. The number of hydrogen-bond acceptors (Lipinski definition) is 5. The molecule has 1 fully saturated rings. The molecule has 6 nitrogen and oxygen atoms in total. The van der Waals surface area contributed by atoms with Crippen LogP contribution < -0.4 is 10.1 Å². The minimum atomic E-state index is -0.205. The van der Waals surface area contributed by atoms with Crippen LogP contribution in [0.4, 0.5) is 0 Å². The number of thiazole rings is 1. The van der Waals surface area contributed by atoms with E-state index in [9.17, 15) is 9.59 Å². The molecule has 1 aromatic heterocycles. The molecule has 7 heteroatoms. The van der Waals surface area contributed by atoms with Gasteiger partial charge in [-0.15, -0.1) is 11.3 Å². The molecule has 2 aromatic carbocycles. The van der Waals surface area contributed by atoms with E-state index in [0.29, 0.717) is 30.0 Å². The number of hydrogen-bond donors (Lipinski definition) is 1. The van der Waals surface area contributed by atoms with Gasteiger partial charge >= 0.3 is 0 Å². The predicted molar refractivity (Wildman–Crippen MR) is 125 cm³/mol. The molecule has 2 heterocycles. The van der Waals surface area contributed by atoms with E-state index in [0.717, 1.165) is 42.2 Å². The molecule has 2 amide bonds. The predicted octanol–water partition coefficient (Wildman–Crippen LogP) is 4.59. The first-order valence-electron chi connectivity index (χ1n) is 10.9. The van der Waals surface area contributed by atoms with Crippen LogP contribution in [-0.2, 0) is 13.2 Å². The summed E-state index contributed by atoms with van der Waals surface area (Å²) < 4.78 is 5.85. The Morgan fingerprint density at radius 3 is 2.53 bits per heavy atom. The third-order valence-corrected chi connectivity index (χ3v) is 6.29. The lowest BCUT2D eigenvalue weighted by Gasteiger charge is -2.26. The van der Waals surface area contributed by atoms with Crippen molar-refractivity contribution in [1.29, 1.82) is 0 Å². The van der Waals surface area contributed by atoms with Crippen LogP contribution in [0.1, 0.15) is 56.2 Å². The van der Waals surface area contributed by atoms with Crippen LogP contribution in [0.3, 0.4) is 0 Å². The fourth-order valence-corrected chi connectivity index (χ4v) is 4.33. The van der Waals surface area contributed by atoms with Crippen LogP contribution in [0.2, 0.25) is 0 Å². The van der Waals surface area contributed by atoms with E-state index >= 15 is 0 Å². The fourth-order valence-electron chi connectivity index (χ4n) is 3.73. The first kappa shape index (κ1) is 22.0. The number of piperidine rings is 1. The van der Waals surface area contributed by atoms with Crippen molar-refractivity contribution in [3.63, 3.8) is 0 Å². The molecule has 32 heavy (non-hydrogen) atoms. The van der Waals surface area contributed by atoms with E-state index in [1.807, 2.05) is 53.6 Å². The van der Waals surface area contributed by atoms with E-state index in [4.69, 9.17) is 4.74 Å². The van der Waals surface area contributed by atoms with Gasteiger partial charge < -0.3 is 15.0 Å². The highest BCUT2D eigenvalue weighted by atomic mass is 32.1. The van der Waals surface area contributed by atoms with E-state index in [2.05, 4.69) is 10.3 Å². The monoisotopic (exact) mass is 449 g/mol. The molecule has 0 spiro atoms. The van der Waals surface area contributed by atoms with E-state index < -0.39 is 0 Å². The fraction of sp³-hybridized carbons (Fsp3) is 0.320. The summed E-state index contributed by atoms with van der Waals surface area (Å²) in [4.78, 5) is 31.7. The minimum Gasteiger partial charge on any atom is -0.486 e. The zero-order chi connectivity index (χ0) is 22.3. The van der Waals surface area contributed by atoms with Gasteiger partial charge in [0.2, 0.25) is 0 Å². The van der Waals surface area contributed by atoms with Gasteiger partial charge in [-0.25, -0.2) is 4.98 Å². The smallest absolute Gasteiger partial charge is 0.255 e. The molecule has 3 aromatic rings. The van der Waals surface area contributed by atoms with Gasteiger partial charge in [0.15, 0.2) is 0 Å². The summed E-state index contributed by atoms with van der Waals surface area (Å²) in [5.41, 5.74) is 2.96. The Kier molecular flexibility index (Phi) is 7.17. The second kappa shape index (κ2) is 10.4. The van der Waals surface area contributed by atoms with Crippen molar-refractivity contribution in [1.82, 2.24) is 15.2 Å². The van der Waals surface area contributed by atoms with Gasteiger partial charge in [-0.3, -0.25) is 9.59 Å². The molecule has 0 unspecified atom stereocenters. The first-order chi connectivity index (χ1) is 15.6. The summed E-state index contributed by atoms with van der Waals surface area (Å²) in [6, 6.07) is 14.7. The summed E-state index contributed by atoms with van der Waals surface area (Å²) in [7, 11) is 0. The standard InChI is InChI=1S/C25H27N3O3S/c1-18-27-21(17-32-18)16-31-23-8-4-3-7-22(23)24(29)26-15-19-9-11-20(12-10-19)25(30)28-13-5-2-6-14-28/h3-4,7-12,17H,2,5-6,13-16H2,1H3,(H,26,29). The molecule has 0 bridgehead atoms. The molecule has 0 atom stereocenters. The number of carbonyl (C=O) groups is 2. The number of benzene rings is 2. The Morgan fingerprint density at radius 2 is 1.81 bits per heavy atom. The molecule has 0 radical (unpaired) electrons. The Balaban J connectivity index is 1.34. The van der Waals surface area contributed by atoms with Gasteiger partial charge in [-0.05, 0) is 56.0 Å². The van der Waals surface area contributed by atoms with Crippen LogP contribution in [0.25, 0.3) is 0 Å². The number of para-hydroxylation sites is 1. The highest BCUT2D eigenvalue weighted by Crippen LogP contribution is 2.20. The van der Waals surface area contributed by atoms with Crippen LogP contribution in [0, 0.1) is 6.92 Å². The molecule has 166 valence electrons. The number of aryl methyl sites for hydroxylation is 1. The van der Waals surface area contributed by atoms with Crippen LogP contribution in [-0.4, -0.2) is 34.8 Å². The second-order valence-electron chi connectivity index (χ2n) is 7.88. The SMILES string of the molecule is Cc1nc(COc2ccccc2C(=O)NCc2ccc(C(=O)N3CCCCC3)cc2)cs1. The van der Waals surface area contributed by atoms with Crippen molar-refractivity contribution < 1.29 is 14.3 Å².